The monoisotopic (exact) mass is 426 g/mol. The van der Waals surface area contributed by atoms with Crippen molar-refractivity contribution in [2.24, 2.45) is 4.99 Å². The number of guanidine groups is 1. The van der Waals surface area contributed by atoms with E-state index < -0.39 is 0 Å². The van der Waals surface area contributed by atoms with Crippen LogP contribution in [0.2, 0.25) is 0 Å². The van der Waals surface area contributed by atoms with Gasteiger partial charge >= 0.3 is 0 Å². The fourth-order valence-corrected chi connectivity index (χ4v) is 4.01. The van der Waals surface area contributed by atoms with E-state index in [2.05, 4.69) is 52.8 Å². The zero-order chi connectivity index (χ0) is 21.7. The maximum atomic E-state index is 5.44. The van der Waals surface area contributed by atoms with Gasteiger partial charge in [0.05, 0.1) is 6.26 Å². The van der Waals surface area contributed by atoms with E-state index >= 15 is 0 Å². The van der Waals surface area contributed by atoms with Gasteiger partial charge in [-0.05, 0) is 50.8 Å². The molecule has 1 aliphatic heterocycles. The second-order valence-electron chi connectivity index (χ2n) is 8.21. The Morgan fingerprint density at radius 1 is 1.23 bits per heavy atom. The molecule has 2 aromatic rings. The molecule has 31 heavy (non-hydrogen) atoms. The molecule has 2 unspecified atom stereocenters. The number of furan rings is 1. The highest BCUT2D eigenvalue weighted by Crippen LogP contribution is 2.20. The van der Waals surface area contributed by atoms with E-state index in [0.717, 1.165) is 76.8 Å². The van der Waals surface area contributed by atoms with Crippen molar-refractivity contribution in [2.75, 3.05) is 32.8 Å². The van der Waals surface area contributed by atoms with Crippen molar-refractivity contribution in [3.63, 3.8) is 0 Å². The van der Waals surface area contributed by atoms with Crippen LogP contribution in [0.15, 0.2) is 58.1 Å². The quantitative estimate of drug-likeness (QED) is 0.325. The Labute approximate surface area is 187 Å². The van der Waals surface area contributed by atoms with Crippen molar-refractivity contribution >= 4 is 5.96 Å². The molecule has 1 aromatic heterocycles. The fraction of sp³-hybridized carbons (Fsp3) is 0.560. The molecule has 1 fully saturated rings. The molecule has 6 heteroatoms. The number of nitrogens with one attached hydrogen (secondary N) is 2. The van der Waals surface area contributed by atoms with E-state index in [1.165, 1.54) is 5.56 Å². The van der Waals surface area contributed by atoms with E-state index in [1.54, 1.807) is 6.26 Å². The molecule has 0 aliphatic carbocycles. The maximum Gasteiger partial charge on any atom is 0.191 e. The zero-order valence-corrected chi connectivity index (χ0v) is 19.1. The van der Waals surface area contributed by atoms with Gasteiger partial charge in [-0.15, -0.1) is 0 Å². The Morgan fingerprint density at radius 3 is 2.84 bits per heavy atom. The molecule has 0 amide bonds. The second-order valence-corrected chi connectivity index (χ2v) is 8.21. The zero-order valence-electron chi connectivity index (χ0n) is 19.1. The van der Waals surface area contributed by atoms with E-state index in [4.69, 9.17) is 14.1 Å². The highest BCUT2D eigenvalue weighted by Gasteiger charge is 2.26. The lowest BCUT2D eigenvalue weighted by Crippen LogP contribution is -2.51. The normalized spacial score (nSPS) is 20.0. The highest BCUT2D eigenvalue weighted by molar-refractivity contribution is 5.80. The molecule has 1 aromatic carbocycles. The highest BCUT2D eigenvalue weighted by atomic mass is 16.5. The molecule has 2 N–H and O–H groups in total. The van der Waals surface area contributed by atoms with Crippen LogP contribution in [0, 0.1) is 0 Å². The summed E-state index contributed by atoms with van der Waals surface area (Å²) in [6.45, 7) is 9.56. The average Bonchev–Trinajstić information content (AvgIpc) is 3.29. The van der Waals surface area contributed by atoms with Crippen LogP contribution in [0.25, 0.3) is 0 Å². The Hall–Kier alpha value is -2.31. The van der Waals surface area contributed by atoms with Crippen molar-refractivity contribution in [2.45, 2.75) is 58.2 Å². The van der Waals surface area contributed by atoms with Crippen LogP contribution in [-0.4, -0.2) is 55.8 Å². The number of likely N-dealkylation sites (tertiary alicyclic amines) is 1. The minimum atomic E-state index is 0.434. The minimum absolute atomic E-state index is 0.434. The van der Waals surface area contributed by atoms with E-state index in [9.17, 15) is 0 Å². The third-order valence-corrected chi connectivity index (χ3v) is 5.75. The van der Waals surface area contributed by atoms with Gasteiger partial charge < -0.3 is 19.8 Å². The second kappa shape index (κ2) is 13.2. The molecule has 6 nitrogen and oxygen atoms in total. The van der Waals surface area contributed by atoms with Crippen molar-refractivity contribution < 1.29 is 9.15 Å². The standard InChI is InChI=1S/C25H38N4O2/c1-3-30-17-8-14-26-25(27-15-12-24-11-7-18-31-24)28-23-13-16-29(21(2)19-23)20-22-9-5-4-6-10-22/h4-7,9-11,18,21,23H,3,8,12-17,19-20H2,1-2H3,(H2,26,27,28). The van der Waals surface area contributed by atoms with Gasteiger partial charge in [0.15, 0.2) is 5.96 Å². The van der Waals surface area contributed by atoms with Crippen molar-refractivity contribution in [1.29, 1.82) is 0 Å². The van der Waals surface area contributed by atoms with E-state index in [0.29, 0.717) is 12.1 Å². The summed E-state index contributed by atoms with van der Waals surface area (Å²) in [5, 5.41) is 7.17. The summed E-state index contributed by atoms with van der Waals surface area (Å²) < 4.78 is 10.9. The van der Waals surface area contributed by atoms with Crippen LogP contribution in [0.5, 0.6) is 0 Å². The first-order valence-corrected chi connectivity index (χ1v) is 11.7. The first-order valence-electron chi connectivity index (χ1n) is 11.7. The predicted octanol–water partition coefficient (Wildman–Crippen LogP) is 3.84. The van der Waals surface area contributed by atoms with Crippen LogP contribution >= 0.6 is 0 Å². The smallest absolute Gasteiger partial charge is 0.191 e. The summed E-state index contributed by atoms with van der Waals surface area (Å²) in [5.74, 6) is 1.89. The molecule has 0 spiro atoms. The number of benzene rings is 1. The van der Waals surface area contributed by atoms with Gasteiger partial charge in [0, 0.05) is 57.9 Å². The van der Waals surface area contributed by atoms with Gasteiger partial charge in [-0.2, -0.15) is 0 Å². The van der Waals surface area contributed by atoms with Gasteiger partial charge in [0.1, 0.15) is 5.76 Å². The average molecular weight is 427 g/mol. The Balaban J connectivity index is 1.48. The minimum Gasteiger partial charge on any atom is -0.469 e. The molecule has 0 bridgehead atoms. The summed E-state index contributed by atoms with van der Waals surface area (Å²) in [4.78, 5) is 7.37. The number of hydrogen-bond donors (Lipinski definition) is 2. The lowest BCUT2D eigenvalue weighted by atomic mass is 9.97. The Morgan fingerprint density at radius 2 is 2.10 bits per heavy atom. The summed E-state index contributed by atoms with van der Waals surface area (Å²) >= 11 is 0. The molecule has 1 saturated heterocycles. The topological polar surface area (TPSA) is 62.0 Å². The SMILES string of the molecule is CCOCCCN=C(NCCc1ccco1)NC1CCN(Cc2ccccc2)C(C)C1. The van der Waals surface area contributed by atoms with Gasteiger partial charge in [0.25, 0.3) is 0 Å². The van der Waals surface area contributed by atoms with Gasteiger partial charge in [-0.3, -0.25) is 9.89 Å². The van der Waals surface area contributed by atoms with Crippen molar-refractivity contribution in [3.05, 3.63) is 60.1 Å². The molecule has 2 heterocycles. The number of aliphatic imine (C=N–C) groups is 1. The number of ether oxygens (including phenoxy) is 1. The number of rotatable bonds is 11. The number of nitrogens with zero attached hydrogens (tertiary/aromatic N) is 2. The number of hydrogen-bond acceptors (Lipinski definition) is 4. The fourth-order valence-electron chi connectivity index (χ4n) is 4.01. The summed E-state index contributed by atoms with van der Waals surface area (Å²) in [5.41, 5.74) is 1.39. The van der Waals surface area contributed by atoms with Gasteiger partial charge in [0.2, 0.25) is 0 Å². The Kier molecular flexibility index (Phi) is 9.93. The first-order chi connectivity index (χ1) is 15.2. The van der Waals surface area contributed by atoms with Crippen LogP contribution < -0.4 is 10.6 Å². The molecule has 2 atom stereocenters. The lowest BCUT2D eigenvalue weighted by Gasteiger charge is -2.38. The number of piperidine rings is 1. The van der Waals surface area contributed by atoms with Gasteiger partial charge in [-0.25, -0.2) is 0 Å². The molecule has 3 rings (SSSR count). The molecular weight excluding hydrogens is 388 g/mol. The predicted molar refractivity (Wildman–Crippen MR) is 126 cm³/mol. The maximum absolute atomic E-state index is 5.44. The molecular formula is C25H38N4O2. The van der Waals surface area contributed by atoms with E-state index in [-0.39, 0.29) is 0 Å². The first kappa shape index (κ1) is 23.4. The van der Waals surface area contributed by atoms with Gasteiger partial charge in [-0.1, -0.05) is 30.3 Å². The molecule has 0 radical (unpaired) electrons. The van der Waals surface area contributed by atoms with Crippen molar-refractivity contribution in [1.82, 2.24) is 15.5 Å². The molecule has 170 valence electrons. The summed E-state index contributed by atoms with van der Waals surface area (Å²) in [7, 11) is 0. The largest absolute Gasteiger partial charge is 0.469 e. The van der Waals surface area contributed by atoms with Crippen LogP contribution in [0.1, 0.15) is 44.4 Å². The summed E-state index contributed by atoms with van der Waals surface area (Å²) in [6, 6.07) is 15.7. The molecule has 0 saturated carbocycles. The van der Waals surface area contributed by atoms with Crippen LogP contribution in [-0.2, 0) is 17.7 Å². The van der Waals surface area contributed by atoms with Crippen LogP contribution in [0.4, 0.5) is 0 Å². The molecule has 1 aliphatic rings. The lowest BCUT2D eigenvalue weighted by molar-refractivity contribution is 0.134. The van der Waals surface area contributed by atoms with E-state index in [1.807, 2.05) is 19.1 Å². The third-order valence-electron chi connectivity index (χ3n) is 5.75. The van der Waals surface area contributed by atoms with Crippen molar-refractivity contribution in [3.8, 4) is 0 Å². The summed E-state index contributed by atoms with van der Waals surface area (Å²) in [6.07, 6.45) is 5.74. The van der Waals surface area contributed by atoms with Crippen LogP contribution in [0.3, 0.4) is 0 Å². The Bertz CT molecular complexity index is 748. The third kappa shape index (κ3) is 8.38.